The van der Waals surface area contributed by atoms with Crippen molar-refractivity contribution >= 4 is 5.84 Å². The largest absolute Gasteiger partial charge is 0.382 e. The van der Waals surface area contributed by atoms with Crippen LogP contribution in [0.5, 0.6) is 0 Å². The van der Waals surface area contributed by atoms with E-state index in [1.165, 1.54) is 0 Å². The van der Waals surface area contributed by atoms with Crippen molar-refractivity contribution in [2.24, 2.45) is 21.8 Å². The minimum absolute atomic E-state index is 0.242. The molecule has 0 radical (unpaired) electrons. The summed E-state index contributed by atoms with van der Waals surface area (Å²) in [6.07, 6.45) is 0. The lowest BCUT2D eigenvalue weighted by atomic mass is 10.0. The van der Waals surface area contributed by atoms with E-state index in [4.69, 9.17) is 17.0 Å². The molecule has 0 heterocycles. The van der Waals surface area contributed by atoms with Gasteiger partial charge in [-0.15, -0.1) is 5.10 Å². The summed E-state index contributed by atoms with van der Waals surface area (Å²) < 4.78 is 0. The second-order valence-electron chi connectivity index (χ2n) is 2.93. The standard InChI is InChI=1S/C9H13N5/c1-6-4-7(9(11)13-14-12)2-3-8(6)5-10/h2-4H,5,10H2,1H3,(H3,11,12,13). The number of nitrogens with zero attached hydrogens (tertiary/aromatic N) is 2. The van der Waals surface area contributed by atoms with Gasteiger partial charge in [0.05, 0.1) is 0 Å². The highest BCUT2D eigenvalue weighted by molar-refractivity contribution is 5.97. The first-order valence-corrected chi connectivity index (χ1v) is 4.19. The number of benzene rings is 1. The third-order valence-corrected chi connectivity index (χ3v) is 2.02. The van der Waals surface area contributed by atoms with Crippen LogP contribution >= 0.6 is 0 Å². The molecule has 0 atom stereocenters. The first kappa shape index (κ1) is 10.3. The van der Waals surface area contributed by atoms with Crippen LogP contribution in [0.1, 0.15) is 16.7 Å². The van der Waals surface area contributed by atoms with E-state index >= 15 is 0 Å². The molecule has 0 bridgehead atoms. The van der Waals surface area contributed by atoms with Crippen LogP contribution in [0.2, 0.25) is 0 Å². The van der Waals surface area contributed by atoms with Crippen molar-refractivity contribution in [2.75, 3.05) is 0 Å². The summed E-state index contributed by atoms with van der Waals surface area (Å²) in [7, 11) is 0. The third-order valence-electron chi connectivity index (χ3n) is 2.02. The number of nitrogens with one attached hydrogen (secondary N) is 1. The van der Waals surface area contributed by atoms with Gasteiger partial charge in [-0.3, -0.25) is 0 Å². The Morgan fingerprint density at radius 1 is 1.50 bits per heavy atom. The minimum Gasteiger partial charge on any atom is -0.382 e. The molecule has 5 nitrogen and oxygen atoms in total. The smallest absolute Gasteiger partial charge is 0.155 e. The van der Waals surface area contributed by atoms with Gasteiger partial charge in [0.1, 0.15) is 0 Å². The van der Waals surface area contributed by atoms with Crippen molar-refractivity contribution < 1.29 is 0 Å². The Balaban J connectivity index is 3.08. The highest BCUT2D eigenvalue weighted by Gasteiger charge is 2.01. The van der Waals surface area contributed by atoms with Crippen LogP contribution in [0.3, 0.4) is 0 Å². The first-order chi connectivity index (χ1) is 6.69. The average molecular weight is 191 g/mol. The molecule has 0 saturated carbocycles. The zero-order valence-electron chi connectivity index (χ0n) is 7.99. The lowest BCUT2D eigenvalue weighted by Crippen LogP contribution is -2.13. The van der Waals surface area contributed by atoms with E-state index in [2.05, 4.69) is 10.3 Å². The minimum atomic E-state index is 0.242. The van der Waals surface area contributed by atoms with E-state index in [0.717, 1.165) is 16.7 Å². The molecule has 14 heavy (non-hydrogen) atoms. The van der Waals surface area contributed by atoms with E-state index in [9.17, 15) is 0 Å². The van der Waals surface area contributed by atoms with Gasteiger partial charge in [0.25, 0.3) is 0 Å². The van der Waals surface area contributed by atoms with Gasteiger partial charge in [-0.2, -0.15) is 5.53 Å². The van der Waals surface area contributed by atoms with Crippen molar-refractivity contribution in [3.63, 3.8) is 0 Å². The van der Waals surface area contributed by atoms with Crippen molar-refractivity contribution in [2.45, 2.75) is 13.5 Å². The molecule has 5 N–H and O–H groups in total. The van der Waals surface area contributed by atoms with Crippen LogP contribution in [0, 0.1) is 12.5 Å². The molecule has 0 aliphatic carbocycles. The predicted octanol–water partition coefficient (Wildman–Crippen LogP) is 1.10. The molecule has 74 valence electrons. The summed E-state index contributed by atoms with van der Waals surface area (Å²) in [5, 5.41) is 6.32. The number of amidine groups is 1. The van der Waals surface area contributed by atoms with Crippen molar-refractivity contribution in [3.05, 3.63) is 34.9 Å². The van der Waals surface area contributed by atoms with Gasteiger partial charge in [0, 0.05) is 12.1 Å². The van der Waals surface area contributed by atoms with Gasteiger partial charge in [-0.25, -0.2) is 0 Å². The Kier molecular flexibility index (Phi) is 3.30. The Bertz CT molecular complexity index is 369. The summed E-state index contributed by atoms with van der Waals surface area (Å²) in [4.78, 5) is 0. The molecule has 1 aromatic carbocycles. The number of aryl methyl sites for hydroxylation is 1. The maximum absolute atomic E-state index is 6.55. The maximum atomic E-state index is 6.55. The van der Waals surface area contributed by atoms with E-state index in [1.807, 2.05) is 25.1 Å². The predicted molar refractivity (Wildman–Crippen MR) is 54.9 cm³/mol. The zero-order chi connectivity index (χ0) is 10.6. The van der Waals surface area contributed by atoms with Crippen molar-refractivity contribution in [3.8, 4) is 0 Å². The van der Waals surface area contributed by atoms with Gasteiger partial charge in [-0.05, 0) is 24.1 Å². The Labute approximate surface area is 82.3 Å². The topological polar surface area (TPSA) is 101 Å². The van der Waals surface area contributed by atoms with Crippen molar-refractivity contribution in [1.82, 2.24) is 0 Å². The second-order valence-corrected chi connectivity index (χ2v) is 2.93. The number of hydrogen-bond acceptors (Lipinski definition) is 3. The quantitative estimate of drug-likeness (QED) is 0.288. The monoisotopic (exact) mass is 191 g/mol. The highest BCUT2D eigenvalue weighted by atomic mass is 15.3. The molecule has 1 aromatic rings. The van der Waals surface area contributed by atoms with E-state index in [0.29, 0.717) is 6.54 Å². The van der Waals surface area contributed by atoms with Gasteiger partial charge in [0.15, 0.2) is 5.84 Å². The van der Waals surface area contributed by atoms with Crippen LogP contribution in [-0.4, -0.2) is 5.84 Å². The molecule has 0 fully saturated rings. The molecule has 0 saturated heterocycles. The fraction of sp³-hybridized carbons (Fsp3) is 0.222. The number of hydrogen-bond donors (Lipinski definition) is 3. The first-order valence-electron chi connectivity index (χ1n) is 4.19. The highest BCUT2D eigenvalue weighted by Crippen LogP contribution is 2.10. The molecular weight excluding hydrogens is 178 g/mol. The van der Waals surface area contributed by atoms with Crippen LogP contribution in [-0.2, 0) is 6.54 Å². The molecular formula is C9H13N5. The summed E-state index contributed by atoms with van der Waals surface area (Å²) in [5.41, 5.74) is 20.5. The Morgan fingerprint density at radius 3 is 2.71 bits per heavy atom. The van der Waals surface area contributed by atoms with Crippen LogP contribution in [0.4, 0.5) is 0 Å². The SMILES string of the molecule is Cc1cc(C(N)=NN=N)ccc1CN. The molecule has 0 amide bonds. The molecule has 0 aliphatic heterocycles. The van der Waals surface area contributed by atoms with Crippen LogP contribution in [0.15, 0.2) is 28.5 Å². The molecule has 5 heteroatoms. The zero-order valence-corrected chi connectivity index (χ0v) is 7.99. The Hall–Kier alpha value is -1.75. The summed E-state index contributed by atoms with van der Waals surface area (Å²) in [5.74, 6) is 0.242. The lowest BCUT2D eigenvalue weighted by Gasteiger charge is -2.05. The normalized spacial score (nSPS) is 11.4. The van der Waals surface area contributed by atoms with E-state index in [-0.39, 0.29) is 5.84 Å². The lowest BCUT2D eigenvalue weighted by molar-refractivity contribution is 0.985. The molecule has 0 aromatic heterocycles. The average Bonchev–Trinajstić information content (AvgIpc) is 2.18. The summed E-state index contributed by atoms with van der Waals surface area (Å²) >= 11 is 0. The molecule has 1 rings (SSSR count). The fourth-order valence-corrected chi connectivity index (χ4v) is 1.20. The maximum Gasteiger partial charge on any atom is 0.155 e. The summed E-state index contributed by atoms with van der Waals surface area (Å²) in [6, 6.07) is 5.60. The number of nitrogens with two attached hydrogens (primary N) is 2. The molecule has 0 unspecified atom stereocenters. The molecule has 0 spiro atoms. The van der Waals surface area contributed by atoms with Crippen LogP contribution < -0.4 is 11.5 Å². The molecule has 0 aliphatic rings. The summed E-state index contributed by atoms with van der Waals surface area (Å²) in [6.45, 7) is 2.46. The fourth-order valence-electron chi connectivity index (χ4n) is 1.20. The van der Waals surface area contributed by atoms with E-state index < -0.39 is 0 Å². The van der Waals surface area contributed by atoms with E-state index in [1.54, 1.807) is 0 Å². The van der Waals surface area contributed by atoms with Gasteiger partial charge < -0.3 is 11.5 Å². The Morgan fingerprint density at radius 2 is 2.21 bits per heavy atom. The third kappa shape index (κ3) is 2.14. The van der Waals surface area contributed by atoms with Gasteiger partial charge in [0.2, 0.25) is 0 Å². The number of rotatable bonds is 3. The van der Waals surface area contributed by atoms with Crippen molar-refractivity contribution in [1.29, 1.82) is 5.53 Å². The second kappa shape index (κ2) is 4.48. The van der Waals surface area contributed by atoms with Gasteiger partial charge >= 0.3 is 0 Å². The van der Waals surface area contributed by atoms with Crippen LogP contribution in [0.25, 0.3) is 0 Å². The van der Waals surface area contributed by atoms with Gasteiger partial charge in [-0.1, -0.05) is 17.4 Å².